The molecule has 2 rings (SSSR count). The standard InChI is InChI=1S/C15H18BrNO/c1-9-10(2)18-11(3)15(9)14(17)8-12-6-4-5-7-13(12)16/h4-7,14H,8,17H2,1-3H3. The highest BCUT2D eigenvalue weighted by molar-refractivity contribution is 9.10. The SMILES string of the molecule is Cc1oc(C)c(C(N)Cc2ccccc2Br)c1C. The second-order valence-electron chi connectivity index (χ2n) is 4.66. The number of hydrogen-bond donors (Lipinski definition) is 1. The van der Waals surface area contributed by atoms with Gasteiger partial charge in [0.2, 0.25) is 0 Å². The van der Waals surface area contributed by atoms with E-state index >= 15 is 0 Å². The van der Waals surface area contributed by atoms with E-state index in [1.165, 1.54) is 11.1 Å². The molecule has 0 spiro atoms. The molecule has 0 fully saturated rings. The molecule has 96 valence electrons. The maximum Gasteiger partial charge on any atom is 0.106 e. The van der Waals surface area contributed by atoms with Crippen molar-refractivity contribution in [1.29, 1.82) is 0 Å². The fraction of sp³-hybridized carbons (Fsp3) is 0.333. The summed E-state index contributed by atoms with van der Waals surface area (Å²) in [5.74, 6) is 1.90. The van der Waals surface area contributed by atoms with Crippen LogP contribution < -0.4 is 5.73 Å². The van der Waals surface area contributed by atoms with Crippen LogP contribution in [-0.4, -0.2) is 0 Å². The summed E-state index contributed by atoms with van der Waals surface area (Å²) in [5, 5.41) is 0. The fourth-order valence-corrected chi connectivity index (χ4v) is 2.80. The van der Waals surface area contributed by atoms with E-state index in [1.54, 1.807) is 0 Å². The summed E-state index contributed by atoms with van der Waals surface area (Å²) in [4.78, 5) is 0. The lowest BCUT2D eigenvalue weighted by atomic mass is 9.97. The molecule has 0 saturated heterocycles. The van der Waals surface area contributed by atoms with Crippen LogP contribution in [0, 0.1) is 20.8 Å². The van der Waals surface area contributed by atoms with Crippen LogP contribution in [0.4, 0.5) is 0 Å². The first-order valence-electron chi connectivity index (χ1n) is 6.06. The molecule has 0 bridgehead atoms. The third-order valence-electron chi connectivity index (χ3n) is 3.39. The van der Waals surface area contributed by atoms with Crippen molar-refractivity contribution in [2.75, 3.05) is 0 Å². The Morgan fingerprint density at radius 3 is 2.39 bits per heavy atom. The maximum absolute atomic E-state index is 6.33. The Hall–Kier alpha value is -1.06. The van der Waals surface area contributed by atoms with Gasteiger partial charge in [0.15, 0.2) is 0 Å². The lowest BCUT2D eigenvalue weighted by Gasteiger charge is -2.13. The second-order valence-corrected chi connectivity index (χ2v) is 5.51. The molecule has 1 unspecified atom stereocenters. The number of benzene rings is 1. The maximum atomic E-state index is 6.33. The van der Waals surface area contributed by atoms with Gasteiger partial charge in [-0.3, -0.25) is 0 Å². The van der Waals surface area contributed by atoms with E-state index in [9.17, 15) is 0 Å². The first-order chi connectivity index (χ1) is 8.50. The van der Waals surface area contributed by atoms with Gasteiger partial charge in [-0.15, -0.1) is 0 Å². The normalized spacial score (nSPS) is 12.7. The molecule has 0 aliphatic rings. The van der Waals surface area contributed by atoms with E-state index in [4.69, 9.17) is 10.2 Å². The van der Waals surface area contributed by atoms with Gasteiger partial charge in [-0.25, -0.2) is 0 Å². The van der Waals surface area contributed by atoms with Crippen LogP contribution in [0.25, 0.3) is 0 Å². The summed E-state index contributed by atoms with van der Waals surface area (Å²) in [6.07, 6.45) is 0.808. The van der Waals surface area contributed by atoms with Crippen molar-refractivity contribution in [3.05, 3.63) is 56.9 Å². The van der Waals surface area contributed by atoms with Gasteiger partial charge in [0.1, 0.15) is 11.5 Å². The molecule has 2 nitrogen and oxygen atoms in total. The largest absolute Gasteiger partial charge is 0.466 e. The Bertz CT molecular complexity index is 560. The van der Waals surface area contributed by atoms with Gasteiger partial charge in [-0.1, -0.05) is 34.1 Å². The molecule has 0 saturated carbocycles. The summed E-state index contributed by atoms with van der Waals surface area (Å²) < 4.78 is 6.75. The molecule has 1 aromatic carbocycles. The van der Waals surface area contributed by atoms with E-state index < -0.39 is 0 Å². The van der Waals surface area contributed by atoms with Crippen molar-refractivity contribution in [1.82, 2.24) is 0 Å². The van der Waals surface area contributed by atoms with E-state index in [-0.39, 0.29) is 6.04 Å². The Morgan fingerprint density at radius 2 is 1.83 bits per heavy atom. The molecule has 3 heteroatoms. The predicted molar refractivity (Wildman–Crippen MR) is 77.7 cm³/mol. The zero-order chi connectivity index (χ0) is 13.3. The number of furan rings is 1. The first-order valence-corrected chi connectivity index (χ1v) is 6.85. The zero-order valence-corrected chi connectivity index (χ0v) is 12.5. The van der Waals surface area contributed by atoms with Crippen LogP contribution in [0.2, 0.25) is 0 Å². The Labute approximate surface area is 116 Å². The highest BCUT2D eigenvalue weighted by Gasteiger charge is 2.18. The first kappa shape index (κ1) is 13.4. The third-order valence-corrected chi connectivity index (χ3v) is 4.16. The summed E-state index contributed by atoms with van der Waals surface area (Å²) >= 11 is 3.56. The zero-order valence-electron chi connectivity index (χ0n) is 11.0. The molecule has 0 radical (unpaired) electrons. The van der Waals surface area contributed by atoms with Crippen LogP contribution in [0.3, 0.4) is 0 Å². The van der Waals surface area contributed by atoms with Gasteiger partial charge in [0.25, 0.3) is 0 Å². The van der Waals surface area contributed by atoms with Gasteiger partial charge >= 0.3 is 0 Å². The molecule has 0 aliphatic heterocycles. The molecule has 0 amide bonds. The summed E-state index contributed by atoms with van der Waals surface area (Å²) in [6.45, 7) is 6.04. The number of hydrogen-bond acceptors (Lipinski definition) is 2. The third kappa shape index (κ3) is 2.52. The Balaban J connectivity index is 2.28. The number of halogens is 1. The monoisotopic (exact) mass is 307 g/mol. The summed E-state index contributed by atoms with van der Waals surface area (Å²) in [6, 6.07) is 8.16. The molecule has 1 heterocycles. The van der Waals surface area contributed by atoms with Crippen molar-refractivity contribution in [3.8, 4) is 0 Å². The van der Waals surface area contributed by atoms with Crippen molar-refractivity contribution < 1.29 is 4.42 Å². The molecule has 2 aromatic rings. The van der Waals surface area contributed by atoms with Crippen molar-refractivity contribution >= 4 is 15.9 Å². The topological polar surface area (TPSA) is 39.2 Å². The van der Waals surface area contributed by atoms with Crippen LogP contribution in [0.15, 0.2) is 33.2 Å². The molecular formula is C15H18BrNO. The van der Waals surface area contributed by atoms with E-state index in [1.807, 2.05) is 32.0 Å². The quantitative estimate of drug-likeness (QED) is 0.922. The Morgan fingerprint density at radius 1 is 1.17 bits per heavy atom. The van der Waals surface area contributed by atoms with E-state index in [0.717, 1.165) is 28.0 Å². The minimum absolute atomic E-state index is 0.0267. The average molecular weight is 308 g/mol. The second kappa shape index (κ2) is 5.29. The van der Waals surface area contributed by atoms with E-state index in [0.29, 0.717) is 0 Å². The summed E-state index contributed by atoms with van der Waals surface area (Å²) in [7, 11) is 0. The smallest absolute Gasteiger partial charge is 0.106 e. The fourth-order valence-electron chi connectivity index (χ4n) is 2.36. The molecule has 18 heavy (non-hydrogen) atoms. The highest BCUT2D eigenvalue weighted by Crippen LogP contribution is 2.29. The van der Waals surface area contributed by atoms with Crippen LogP contribution in [0.1, 0.15) is 34.3 Å². The van der Waals surface area contributed by atoms with Crippen LogP contribution in [-0.2, 0) is 6.42 Å². The average Bonchev–Trinajstić information content (AvgIpc) is 2.56. The number of nitrogens with two attached hydrogens (primary N) is 1. The number of aryl methyl sites for hydroxylation is 2. The minimum atomic E-state index is -0.0267. The van der Waals surface area contributed by atoms with Gasteiger partial charge in [0, 0.05) is 16.1 Å². The van der Waals surface area contributed by atoms with E-state index in [2.05, 4.69) is 28.9 Å². The van der Waals surface area contributed by atoms with Crippen molar-refractivity contribution in [2.45, 2.75) is 33.2 Å². The molecule has 0 aliphatic carbocycles. The predicted octanol–water partition coefficient (Wildman–Crippen LogP) is 4.21. The molecule has 2 N–H and O–H groups in total. The Kier molecular flexibility index (Phi) is 3.93. The van der Waals surface area contributed by atoms with Gasteiger partial charge in [-0.2, -0.15) is 0 Å². The van der Waals surface area contributed by atoms with Crippen LogP contribution in [0.5, 0.6) is 0 Å². The van der Waals surface area contributed by atoms with Crippen molar-refractivity contribution in [3.63, 3.8) is 0 Å². The molecular weight excluding hydrogens is 290 g/mol. The minimum Gasteiger partial charge on any atom is -0.466 e. The number of rotatable bonds is 3. The van der Waals surface area contributed by atoms with Crippen molar-refractivity contribution in [2.24, 2.45) is 5.73 Å². The lowest BCUT2D eigenvalue weighted by Crippen LogP contribution is -2.15. The van der Waals surface area contributed by atoms with Gasteiger partial charge in [-0.05, 0) is 44.4 Å². The summed E-state index contributed by atoms with van der Waals surface area (Å²) in [5.41, 5.74) is 9.87. The van der Waals surface area contributed by atoms with Gasteiger partial charge in [0.05, 0.1) is 0 Å². The molecule has 1 aromatic heterocycles. The van der Waals surface area contributed by atoms with Crippen LogP contribution >= 0.6 is 15.9 Å². The molecule has 1 atom stereocenters. The highest BCUT2D eigenvalue weighted by atomic mass is 79.9. The lowest BCUT2D eigenvalue weighted by molar-refractivity contribution is 0.496. The van der Waals surface area contributed by atoms with Gasteiger partial charge < -0.3 is 10.2 Å².